The number of β-amino-alcohol motifs (C(OH)–C–C–N with tert-alkyl or cyclic N) is 1. The van der Waals surface area contributed by atoms with Crippen LogP contribution in [-0.2, 0) is 6.18 Å². The van der Waals surface area contributed by atoms with E-state index in [1.165, 1.54) is 12.1 Å². The predicted molar refractivity (Wildman–Crippen MR) is 91.3 cm³/mol. The van der Waals surface area contributed by atoms with Gasteiger partial charge in [0, 0.05) is 31.0 Å². The highest BCUT2D eigenvalue weighted by Gasteiger charge is 2.33. The van der Waals surface area contributed by atoms with Crippen LogP contribution in [0.1, 0.15) is 12.0 Å². The molecule has 0 aliphatic carbocycles. The largest absolute Gasteiger partial charge is 0.417 e. The molecule has 0 amide bonds. The highest BCUT2D eigenvalue weighted by atomic mass is 35.5. The smallest absolute Gasteiger partial charge is 0.391 e. The Balaban J connectivity index is 1.78. The monoisotopic (exact) mass is 382 g/mol. The average Bonchev–Trinajstić information content (AvgIpc) is 3.19. The van der Waals surface area contributed by atoms with Crippen molar-refractivity contribution in [1.82, 2.24) is 14.4 Å². The van der Waals surface area contributed by atoms with E-state index >= 15 is 0 Å². The molecule has 0 bridgehead atoms. The van der Waals surface area contributed by atoms with Gasteiger partial charge >= 0.3 is 6.18 Å². The summed E-state index contributed by atoms with van der Waals surface area (Å²) >= 11 is 5.84. The van der Waals surface area contributed by atoms with Crippen LogP contribution in [0.4, 0.5) is 19.0 Å². The van der Waals surface area contributed by atoms with Gasteiger partial charge in [-0.25, -0.2) is 9.97 Å². The van der Waals surface area contributed by atoms with Crippen LogP contribution < -0.4 is 4.90 Å². The highest BCUT2D eigenvalue weighted by molar-refractivity contribution is 6.31. The van der Waals surface area contributed by atoms with Crippen LogP contribution in [0.2, 0.25) is 5.02 Å². The number of rotatable bonds is 2. The zero-order valence-electron chi connectivity index (χ0n) is 13.4. The molecule has 0 saturated carbocycles. The fraction of sp³-hybridized carbons (Fsp3) is 0.294. The Morgan fingerprint density at radius 3 is 2.69 bits per heavy atom. The van der Waals surface area contributed by atoms with Gasteiger partial charge in [0.15, 0.2) is 11.5 Å². The lowest BCUT2D eigenvalue weighted by atomic mass is 10.1. The van der Waals surface area contributed by atoms with Gasteiger partial charge < -0.3 is 10.0 Å². The molecule has 1 N–H and O–H groups in total. The number of halogens is 4. The summed E-state index contributed by atoms with van der Waals surface area (Å²) in [4.78, 5) is 10.7. The van der Waals surface area contributed by atoms with Crippen LogP contribution in [0.3, 0.4) is 0 Å². The third-order valence-corrected chi connectivity index (χ3v) is 4.76. The Morgan fingerprint density at radius 1 is 1.23 bits per heavy atom. The van der Waals surface area contributed by atoms with Crippen LogP contribution in [0, 0.1) is 0 Å². The summed E-state index contributed by atoms with van der Waals surface area (Å²) < 4.78 is 40.4. The second kappa shape index (κ2) is 6.14. The molecule has 1 fully saturated rings. The fourth-order valence-electron chi connectivity index (χ4n) is 3.18. The van der Waals surface area contributed by atoms with Crippen LogP contribution in [0.5, 0.6) is 0 Å². The van der Waals surface area contributed by atoms with Gasteiger partial charge in [0.05, 0.1) is 28.6 Å². The van der Waals surface area contributed by atoms with Gasteiger partial charge in [-0.2, -0.15) is 13.2 Å². The van der Waals surface area contributed by atoms with Crippen LogP contribution in [0.25, 0.3) is 16.9 Å². The van der Waals surface area contributed by atoms with Crippen molar-refractivity contribution < 1.29 is 18.3 Å². The first-order chi connectivity index (χ1) is 12.3. The predicted octanol–water partition coefficient (Wildman–Crippen LogP) is 3.64. The number of aliphatic hydroxyl groups excluding tert-OH is 1. The SMILES string of the molecule is OC1CCN(c2nccn3c(-c4ccc(C(F)(F)F)c(Cl)c4)cnc23)C1. The van der Waals surface area contributed by atoms with Crippen molar-refractivity contribution >= 4 is 23.1 Å². The molecule has 3 heterocycles. The summed E-state index contributed by atoms with van der Waals surface area (Å²) in [6.07, 6.45) is 0.628. The van der Waals surface area contributed by atoms with E-state index in [4.69, 9.17) is 11.6 Å². The lowest BCUT2D eigenvalue weighted by molar-refractivity contribution is -0.137. The molecule has 1 saturated heterocycles. The van der Waals surface area contributed by atoms with E-state index in [1.807, 2.05) is 4.90 Å². The highest BCUT2D eigenvalue weighted by Crippen LogP contribution is 2.37. The number of aromatic nitrogens is 3. The number of fused-ring (bicyclic) bond motifs is 1. The number of alkyl halides is 3. The van der Waals surface area contributed by atoms with Crippen LogP contribution in [0.15, 0.2) is 36.8 Å². The molecule has 0 spiro atoms. The molecule has 1 atom stereocenters. The summed E-state index contributed by atoms with van der Waals surface area (Å²) in [5.41, 5.74) is 0.839. The molecule has 1 unspecified atom stereocenters. The number of benzene rings is 1. The van der Waals surface area contributed by atoms with Gasteiger partial charge in [0.2, 0.25) is 0 Å². The molecular formula is C17H14ClF3N4O. The lowest BCUT2D eigenvalue weighted by Gasteiger charge is -2.17. The minimum Gasteiger partial charge on any atom is -0.391 e. The maximum Gasteiger partial charge on any atom is 0.417 e. The molecule has 26 heavy (non-hydrogen) atoms. The topological polar surface area (TPSA) is 53.7 Å². The maximum atomic E-state index is 12.9. The van der Waals surface area contributed by atoms with E-state index in [0.717, 1.165) is 6.07 Å². The Hall–Kier alpha value is -2.32. The minimum atomic E-state index is -4.50. The molecule has 136 valence electrons. The Morgan fingerprint density at radius 2 is 2.04 bits per heavy atom. The summed E-state index contributed by atoms with van der Waals surface area (Å²) in [5.74, 6) is 0.633. The quantitative estimate of drug-likeness (QED) is 0.735. The van der Waals surface area contributed by atoms with Gasteiger partial charge in [-0.1, -0.05) is 17.7 Å². The lowest BCUT2D eigenvalue weighted by Crippen LogP contribution is -2.23. The van der Waals surface area contributed by atoms with Crippen molar-refractivity contribution in [1.29, 1.82) is 0 Å². The van der Waals surface area contributed by atoms with Gasteiger partial charge in [-0.15, -0.1) is 0 Å². The first kappa shape index (κ1) is 17.1. The van der Waals surface area contributed by atoms with E-state index in [9.17, 15) is 18.3 Å². The average molecular weight is 383 g/mol. The molecular weight excluding hydrogens is 369 g/mol. The van der Waals surface area contributed by atoms with Crippen molar-refractivity contribution in [2.75, 3.05) is 18.0 Å². The number of imidazole rings is 1. The third-order valence-electron chi connectivity index (χ3n) is 4.44. The van der Waals surface area contributed by atoms with Crippen LogP contribution >= 0.6 is 11.6 Å². The number of hydrogen-bond donors (Lipinski definition) is 1. The Labute approximate surface area is 151 Å². The van der Waals surface area contributed by atoms with Gasteiger partial charge in [-0.05, 0) is 18.6 Å². The maximum absolute atomic E-state index is 12.9. The number of nitrogens with zero attached hydrogens (tertiary/aromatic N) is 4. The number of anilines is 1. The minimum absolute atomic E-state index is 0.359. The summed E-state index contributed by atoms with van der Waals surface area (Å²) in [5, 5.41) is 9.38. The van der Waals surface area contributed by atoms with E-state index in [0.29, 0.717) is 42.2 Å². The standard InChI is InChI=1S/C17H14ClF3N4O/c18-13-7-10(1-2-12(13)17(19,20)21)14-8-23-16-15(22-4-6-25(14)16)24-5-3-11(26)9-24/h1-2,4,6-8,11,26H,3,5,9H2. The van der Waals surface area contributed by atoms with Crippen molar-refractivity contribution in [2.45, 2.75) is 18.7 Å². The molecule has 5 nitrogen and oxygen atoms in total. The van der Waals surface area contributed by atoms with E-state index in [1.54, 1.807) is 23.0 Å². The first-order valence-corrected chi connectivity index (χ1v) is 8.34. The van der Waals surface area contributed by atoms with Crippen molar-refractivity contribution in [3.63, 3.8) is 0 Å². The Bertz CT molecular complexity index is 972. The zero-order valence-corrected chi connectivity index (χ0v) is 14.2. The third kappa shape index (κ3) is 2.89. The molecule has 0 radical (unpaired) electrons. The van der Waals surface area contributed by atoms with Crippen molar-refractivity contribution in [3.05, 3.63) is 47.4 Å². The second-order valence-electron chi connectivity index (χ2n) is 6.17. The second-order valence-corrected chi connectivity index (χ2v) is 6.58. The van der Waals surface area contributed by atoms with Crippen molar-refractivity contribution in [3.8, 4) is 11.3 Å². The van der Waals surface area contributed by atoms with Gasteiger partial charge in [-0.3, -0.25) is 4.40 Å². The first-order valence-electron chi connectivity index (χ1n) is 7.97. The number of hydrogen-bond acceptors (Lipinski definition) is 4. The van der Waals surface area contributed by atoms with Gasteiger partial charge in [0.1, 0.15) is 0 Å². The Kier molecular flexibility index (Phi) is 4.04. The number of aliphatic hydroxyl groups is 1. The van der Waals surface area contributed by atoms with E-state index in [2.05, 4.69) is 9.97 Å². The molecule has 4 rings (SSSR count). The zero-order chi connectivity index (χ0) is 18.5. The van der Waals surface area contributed by atoms with E-state index < -0.39 is 17.8 Å². The van der Waals surface area contributed by atoms with Crippen LogP contribution in [-0.4, -0.2) is 38.7 Å². The molecule has 9 heteroatoms. The molecule has 1 aliphatic heterocycles. The van der Waals surface area contributed by atoms with E-state index in [-0.39, 0.29) is 5.02 Å². The normalized spacial score (nSPS) is 18.0. The summed E-state index contributed by atoms with van der Waals surface area (Å²) in [6, 6.07) is 3.63. The summed E-state index contributed by atoms with van der Waals surface area (Å²) in [6.45, 7) is 1.14. The molecule has 1 aromatic carbocycles. The molecule has 1 aliphatic rings. The van der Waals surface area contributed by atoms with Gasteiger partial charge in [0.25, 0.3) is 0 Å². The summed E-state index contributed by atoms with van der Waals surface area (Å²) in [7, 11) is 0. The van der Waals surface area contributed by atoms with Crippen molar-refractivity contribution in [2.24, 2.45) is 0 Å². The molecule has 2 aromatic heterocycles. The fourth-order valence-corrected chi connectivity index (χ4v) is 3.47. The molecule has 3 aromatic rings.